The first kappa shape index (κ1) is 26.6. The van der Waals surface area contributed by atoms with Crippen LogP contribution in [0, 0.1) is 0 Å². The highest BCUT2D eigenvalue weighted by atomic mass is 32.2. The minimum Gasteiger partial charge on any atom is -0.356 e. The van der Waals surface area contributed by atoms with Gasteiger partial charge in [-0.3, -0.25) is 19.4 Å². The number of amides is 3. The van der Waals surface area contributed by atoms with Gasteiger partial charge in [-0.15, -0.1) is 0 Å². The molecule has 37 heavy (non-hydrogen) atoms. The number of benzene rings is 2. The molecule has 8 nitrogen and oxygen atoms in total. The van der Waals surface area contributed by atoms with Crippen LogP contribution in [0.5, 0.6) is 0 Å². The van der Waals surface area contributed by atoms with Gasteiger partial charge < -0.3 is 10.6 Å². The van der Waals surface area contributed by atoms with E-state index >= 15 is 0 Å². The number of nitrogens with one attached hydrogen (secondary N) is 2. The highest BCUT2D eigenvalue weighted by Crippen LogP contribution is 2.35. The topological polar surface area (TPSA) is 103 Å². The molecule has 9 heteroatoms. The maximum Gasteiger partial charge on any atom is 0.259 e. The number of aliphatic imine (C=N–C) groups is 2. The molecule has 2 aromatic carbocycles. The number of rotatable bonds is 10. The predicted octanol–water partition coefficient (Wildman–Crippen LogP) is 4.66. The zero-order chi connectivity index (χ0) is 26.4. The van der Waals surface area contributed by atoms with Gasteiger partial charge >= 0.3 is 0 Å². The van der Waals surface area contributed by atoms with E-state index < -0.39 is 11.3 Å². The molecule has 2 atom stereocenters. The average Bonchev–Trinajstić information content (AvgIpc) is 3.23. The van der Waals surface area contributed by atoms with Crippen molar-refractivity contribution in [1.82, 2.24) is 10.2 Å². The van der Waals surface area contributed by atoms with Crippen molar-refractivity contribution in [2.24, 2.45) is 9.98 Å². The van der Waals surface area contributed by atoms with Crippen LogP contribution in [0.1, 0.15) is 57.6 Å². The van der Waals surface area contributed by atoms with E-state index in [1.54, 1.807) is 0 Å². The van der Waals surface area contributed by atoms with Crippen molar-refractivity contribution in [2.45, 2.75) is 64.2 Å². The fraction of sp³-hybridized carbons (Fsp3) is 0.393. The molecule has 2 aliphatic heterocycles. The molecule has 3 amide bonds. The quantitative estimate of drug-likeness (QED) is 0.446. The van der Waals surface area contributed by atoms with Crippen LogP contribution in [0.2, 0.25) is 0 Å². The Morgan fingerprint density at radius 1 is 1.08 bits per heavy atom. The van der Waals surface area contributed by atoms with Crippen LogP contribution < -0.4 is 10.6 Å². The molecule has 0 unspecified atom stereocenters. The number of anilines is 1. The normalized spacial score (nSPS) is 16.9. The van der Waals surface area contributed by atoms with Crippen molar-refractivity contribution >= 4 is 51.9 Å². The Hall–Kier alpha value is -3.46. The molecule has 0 fully saturated rings. The molecular weight excluding hydrogens is 486 g/mol. The monoisotopic (exact) mass is 519 g/mol. The van der Waals surface area contributed by atoms with E-state index in [4.69, 9.17) is 4.99 Å². The first-order chi connectivity index (χ1) is 17.9. The summed E-state index contributed by atoms with van der Waals surface area (Å²) in [6.45, 7) is 6.65. The summed E-state index contributed by atoms with van der Waals surface area (Å²) in [4.78, 5) is 49.9. The van der Waals surface area contributed by atoms with Crippen molar-refractivity contribution in [3.05, 3.63) is 59.7 Å². The van der Waals surface area contributed by atoms with Crippen LogP contribution in [0.15, 0.2) is 58.5 Å². The fourth-order valence-corrected chi connectivity index (χ4v) is 5.18. The van der Waals surface area contributed by atoms with Crippen LogP contribution in [0.25, 0.3) is 0 Å². The van der Waals surface area contributed by atoms with Crippen molar-refractivity contribution in [1.29, 1.82) is 0 Å². The second-order valence-electron chi connectivity index (χ2n) is 9.02. The molecule has 194 valence electrons. The molecule has 0 bridgehead atoms. The number of amidine groups is 2. The largest absolute Gasteiger partial charge is 0.356 e. The molecule has 0 spiro atoms. The highest BCUT2D eigenvalue weighted by Gasteiger charge is 2.43. The van der Waals surface area contributed by atoms with Crippen molar-refractivity contribution in [3.8, 4) is 0 Å². The van der Waals surface area contributed by atoms with Crippen LogP contribution in [0.4, 0.5) is 11.4 Å². The molecule has 0 aromatic heterocycles. The third-order valence-corrected chi connectivity index (χ3v) is 7.64. The van der Waals surface area contributed by atoms with E-state index in [2.05, 4.69) is 29.5 Å². The molecular formula is C28H33N5O3S. The van der Waals surface area contributed by atoms with E-state index in [9.17, 15) is 14.4 Å². The zero-order valence-electron chi connectivity index (χ0n) is 21.5. The second-order valence-corrected chi connectivity index (χ2v) is 10.2. The molecule has 2 aromatic rings. The van der Waals surface area contributed by atoms with Gasteiger partial charge in [0.1, 0.15) is 11.9 Å². The summed E-state index contributed by atoms with van der Waals surface area (Å²) < 4.78 is 0. The van der Waals surface area contributed by atoms with Crippen molar-refractivity contribution in [2.75, 3.05) is 11.9 Å². The van der Waals surface area contributed by atoms with Gasteiger partial charge in [-0.25, -0.2) is 9.89 Å². The predicted molar refractivity (Wildman–Crippen MR) is 149 cm³/mol. The second kappa shape index (κ2) is 12.2. The van der Waals surface area contributed by atoms with Crippen LogP contribution in [-0.4, -0.2) is 51.5 Å². The molecule has 0 saturated heterocycles. The standard InChI is InChI=1S/C28H33N5O3S/c1-4-7-16-29-24(34)17-22-27(36)33-25(31-22)20-10-8-9-11-21(20)32-28(33)37-23(6-3)26(35)30-19-14-12-18(5-2)13-15-19/h8-15,22-23H,4-7,16-17H2,1-3H3,(H,29,34)(H,30,35)/t22-,23-/m1/s1. The lowest BCUT2D eigenvalue weighted by atomic mass is 10.1. The minimum atomic E-state index is -0.820. The summed E-state index contributed by atoms with van der Waals surface area (Å²) >= 11 is 1.24. The number of hydrogen-bond donors (Lipinski definition) is 2. The number of thioether (sulfide) groups is 1. The number of hydrogen-bond acceptors (Lipinski definition) is 6. The van der Waals surface area contributed by atoms with Gasteiger partial charge in [-0.05, 0) is 49.1 Å². The number of aryl methyl sites for hydroxylation is 1. The van der Waals surface area contributed by atoms with E-state index in [1.807, 2.05) is 55.5 Å². The third-order valence-electron chi connectivity index (χ3n) is 6.32. The number of unbranched alkanes of at least 4 members (excludes halogenated alkanes) is 1. The first-order valence-electron chi connectivity index (χ1n) is 12.9. The average molecular weight is 520 g/mol. The van der Waals surface area contributed by atoms with Gasteiger partial charge in [-0.2, -0.15) is 0 Å². The Bertz CT molecular complexity index is 1220. The SMILES string of the molecule is CCCCNC(=O)C[C@H]1N=C2c3ccccc3N=C(S[C@H](CC)C(=O)Nc3ccc(CC)cc3)N2C1=O. The smallest absolute Gasteiger partial charge is 0.259 e. The minimum absolute atomic E-state index is 0.0197. The number of fused-ring (bicyclic) bond motifs is 3. The summed E-state index contributed by atoms with van der Waals surface area (Å²) in [5.74, 6) is -0.174. The van der Waals surface area contributed by atoms with Gasteiger partial charge in [0.25, 0.3) is 5.91 Å². The highest BCUT2D eigenvalue weighted by molar-refractivity contribution is 8.15. The Balaban J connectivity index is 1.54. The Kier molecular flexibility index (Phi) is 8.76. The van der Waals surface area contributed by atoms with E-state index in [0.29, 0.717) is 29.7 Å². The van der Waals surface area contributed by atoms with Crippen LogP contribution >= 0.6 is 11.8 Å². The molecule has 0 saturated carbocycles. The van der Waals surface area contributed by atoms with Crippen molar-refractivity contribution < 1.29 is 14.4 Å². The molecule has 0 aliphatic carbocycles. The van der Waals surface area contributed by atoms with Gasteiger partial charge in [0.05, 0.1) is 17.4 Å². The number of para-hydroxylation sites is 1. The lowest BCUT2D eigenvalue weighted by Gasteiger charge is -2.27. The lowest BCUT2D eigenvalue weighted by molar-refractivity contribution is -0.128. The van der Waals surface area contributed by atoms with Gasteiger partial charge in [0.15, 0.2) is 5.17 Å². The number of carbonyl (C=O) groups is 3. The molecule has 2 N–H and O–H groups in total. The summed E-state index contributed by atoms with van der Waals surface area (Å²) in [5.41, 5.74) is 3.35. The maximum absolute atomic E-state index is 13.5. The summed E-state index contributed by atoms with van der Waals surface area (Å²) in [6.07, 6.45) is 3.31. The van der Waals surface area contributed by atoms with Crippen LogP contribution in [-0.2, 0) is 20.8 Å². The Morgan fingerprint density at radius 3 is 2.54 bits per heavy atom. The maximum atomic E-state index is 13.5. The Labute approximate surface area is 222 Å². The van der Waals surface area contributed by atoms with E-state index in [1.165, 1.54) is 22.2 Å². The zero-order valence-corrected chi connectivity index (χ0v) is 22.3. The van der Waals surface area contributed by atoms with Gasteiger partial charge in [0.2, 0.25) is 11.8 Å². The fourth-order valence-electron chi connectivity index (χ4n) is 4.16. The Morgan fingerprint density at radius 2 is 1.84 bits per heavy atom. The van der Waals surface area contributed by atoms with Gasteiger partial charge in [0, 0.05) is 17.8 Å². The summed E-state index contributed by atoms with van der Waals surface area (Å²) in [5, 5.41) is 5.77. The first-order valence-corrected chi connectivity index (χ1v) is 13.8. The van der Waals surface area contributed by atoms with Crippen LogP contribution in [0.3, 0.4) is 0 Å². The molecule has 2 aliphatic rings. The number of nitrogens with zero attached hydrogens (tertiary/aromatic N) is 3. The molecule has 4 rings (SSSR count). The lowest BCUT2D eigenvalue weighted by Crippen LogP contribution is -2.43. The summed E-state index contributed by atoms with van der Waals surface area (Å²) in [6, 6.07) is 14.4. The molecule has 2 heterocycles. The van der Waals surface area contributed by atoms with Gasteiger partial charge in [-0.1, -0.05) is 63.2 Å². The number of carbonyl (C=O) groups excluding carboxylic acids is 3. The molecule has 0 radical (unpaired) electrons. The summed E-state index contributed by atoms with van der Waals surface area (Å²) in [7, 11) is 0. The third kappa shape index (κ3) is 6.10. The van der Waals surface area contributed by atoms with E-state index in [0.717, 1.165) is 30.5 Å². The van der Waals surface area contributed by atoms with Crippen molar-refractivity contribution in [3.63, 3.8) is 0 Å². The van der Waals surface area contributed by atoms with E-state index in [-0.39, 0.29) is 24.1 Å².